The summed E-state index contributed by atoms with van der Waals surface area (Å²) >= 11 is 0. The van der Waals surface area contributed by atoms with Gasteiger partial charge in [0.15, 0.2) is 0 Å². The van der Waals surface area contributed by atoms with Crippen molar-refractivity contribution < 1.29 is 22.4 Å². The van der Waals surface area contributed by atoms with Crippen LogP contribution in [0.3, 0.4) is 0 Å². The van der Waals surface area contributed by atoms with Gasteiger partial charge in [0.05, 0.1) is 11.4 Å². The van der Waals surface area contributed by atoms with Crippen LogP contribution in [-0.2, 0) is 21.4 Å². The molecule has 3 aromatic carbocycles. The largest absolute Gasteiger partial charge is 0.352 e. The lowest BCUT2D eigenvalue weighted by Gasteiger charge is -2.09. The van der Waals surface area contributed by atoms with E-state index in [9.17, 15) is 22.4 Å². The van der Waals surface area contributed by atoms with Crippen LogP contribution in [0, 0.1) is 5.82 Å². The quantitative estimate of drug-likeness (QED) is 0.482. The fourth-order valence-electron chi connectivity index (χ4n) is 3.40. The number of carbonyl (C=O) groups is 2. The average molecular weight is 481 g/mol. The number of hydrogen-bond donors (Lipinski definition) is 3. The van der Waals surface area contributed by atoms with Gasteiger partial charge in [-0.3, -0.25) is 19.3 Å². The van der Waals surface area contributed by atoms with Gasteiger partial charge in [-0.05, 0) is 48.0 Å². The van der Waals surface area contributed by atoms with Gasteiger partial charge in [-0.15, -0.1) is 0 Å². The number of sulfonamides is 1. The summed E-state index contributed by atoms with van der Waals surface area (Å²) in [5, 5.41) is 5.47. The van der Waals surface area contributed by atoms with Crippen molar-refractivity contribution in [3.63, 3.8) is 0 Å². The van der Waals surface area contributed by atoms with Crippen LogP contribution in [0.2, 0.25) is 0 Å². The first-order valence-corrected chi connectivity index (χ1v) is 11.9. The number of rotatable bonds is 7. The third-order valence-electron chi connectivity index (χ3n) is 5.03. The van der Waals surface area contributed by atoms with Crippen LogP contribution in [-0.4, -0.2) is 32.6 Å². The smallest absolute Gasteiger partial charge is 0.263 e. The Labute approximate surface area is 196 Å². The second-order valence-corrected chi connectivity index (χ2v) is 9.17. The Kier molecular flexibility index (Phi) is 6.69. The second-order valence-electron chi connectivity index (χ2n) is 7.52. The molecule has 1 heterocycles. The maximum absolute atomic E-state index is 13.3. The van der Waals surface area contributed by atoms with Gasteiger partial charge >= 0.3 is 0 Å². The van der Waals surface area contributed by atoms with Crippen molar-refractivity contribution in [1.82, 2.24) is 10.0 Å². The van der Waals surface area contributed by atoms with E-state index in [-0.39, 0.29) is 41.7 Å². The molecule has 34 heavy (non-hydrogen) atoms. The normalized spacial score (nSPS) is 14.8. The summed E-state index contributed by atoms with van der Waals surface area (Å²) in [6.45, 7) is 0.344. The van der Waals surface area contributed by atoms with E-state index < -0.39 is 21.7 Å². The van der Waals surface area contributed by atoms with Gasteiger partial charge in [-0.25, -0.2) is 12.8 Å². The van der Waals surface area contributed by atoms with Crippen molar-refractivity contribution in [1.29, 1.82) is 0 Å². The van der Waals surface area contributed by atoms with Crippen molar-refractivity contribution in [2.45, 2.75) is 17.9 Å². The Hall–Kier alpha value is -4.05. The highest BCUT2D eigenvalue weighted by molar-refractivity contribution is 7.90. The number of fused-ring (bicyclic) bond motifs is 1. The molecular formula is C24H21FN4O4S. The number of aliphatic imine (C=N–C) groups is 1. The summed E-state index contributed by atoms with van der Waals surface area (Å²) < 4.78 is 39.9. The molecule has 1 aliphatic rings. The highest BCUT2D eigenvalue weighted by Crippen LogP contribution is 2.22. The monoisotopic (exact) mass is 480 g/mol. The minimum Gasteiger partial charge on any atom is -0.352 e. The Bertz CT molecular complexity index is 1390. The van der Waals surface area contributed by atoms with Gasteiger partial charge in [-0.2, -0.15) is 0 Å². The van der Waals surface area contributed by atoms with Gasteiger partial charge in [0, 0.05) is 29.8 Å². The molecule has 0 fully saturated rings. The van der Waals surface area contributed by atoms with Crippen molar-refractivity contribution in [3.8, 4) is 0 Å². The Morgan fingerprint density at radius 2 is 1.76 bits per heavy atom. The number of nitrogens with one attached hydrogen (secondary N) is 3. The molecule has 0 radical (unpaired) electrons. The van der Waals surface area contributed by atoms with E-state index >= 15 is 0 Å². The molecule has 174 valence electrons. The van der Waals surface area contributed by atoms with Crippen LogP contribution >= 0.6 is 0 Å². The van der Waals surface area contributed by atoms with Crippen molar-refractivity contribution in [3.05, 3.63) is 95.3 Å². The number of amidine groups is 1. The second kappa shape index (κ2) is 9.84. The molecule has 0 atom stereocenters. The standard InChI is InChI=1S/C24H21FN4O4S/c25-18-7-4-6-17(14-18)24(31)28-19-8-3-5-16(13-19)15-27-22(30)11-12-26-23-20-9-1-2-10-21(20)34(32,33)29-23/h1-10,13-14H,11-12,15H2,(H,26,29)(H,27,30)(H,28,31). The van der Waals surface area contributed by atoms with Crippen molar-refractivity contribution in [2.75, 3.05) is 11.9 Å². The van der Waals surface area contributed by atoms with Crippen LogP contribution < -0.4 is 15.4 Å². The van der Waals surface area contributed by atoms with Gasteiger partial charge in [0.25, 0.3) is 15.9 Å². The van der Waals surface area contributed by atoms with E-state index in [1.54, 1.807) is 42.5 Å². The van der Waals surface area contributed by atoms with Crippen molar-refractivity contribution >= 4 is 33.4 Å². The molecule has 0 saturated heterocycles. The predicted molar refractivity (Wildman–Crippen MR) is 125 cm³/mol. The van der Waals surface area contributed by atoms with Crippen LogP contribution in [0.25, 0.3) is 0 Å². The average Bonchev–Trinajstić information content (AvgIpc) is 3.08. The summed E-state index contributed by atoms with van der Waals surface area (Å²) in [6.07, 6.45) is 0.0728. The lowest BCUT2D eigenvalue weighted by atomic mass is 10.1. The summed E-state index contributed by atoms with van der Waals surface area (Å²) in [6, 6.07) is 18.8. The van der Waals surface area contributed by atoms with E-state index in [1.807, 2.05) is 0 Å². The number of amides is 2. The van der Waals surface area contributed by atoms with Gasteiger partial charge in [-0.1, -0.05) is 30.3 Å². The first-order valence-electron chi connectivity index (χ1n) is 10.4. The molecule has 3 aromatic rings. The molecule has 0 bridgehead atoms. The van der Waals surface area contributed by atoms with Gasteiger partial charge in [0.2, 0.25) is 5.91 Å². The van der Waals surface area contributed by atoms with Crippen LogP contribution in [0.5, 0.6) is 0 Å². The number of halogens is 1. The van der Waals surface area contributed by atoms with Crippen molar-refractivity contribution in [2.24, 2.45) is 4.99 Å². The molecule has 4 rings (SSSR count). The third kappa shape index (κ3) is 5.46. The van der Waals surface area contributed by atoms with E-state index in [0.29, 0.717) is 11.3 Å². The molecule has 3 N–H and O–H groups in total. The minimum atomic E-state index is -3.61. The molecule has 0 saturated carbocycles. The first-order chi connectivity index (χ1) is 16.3. The van der Waals surface area contributed by atoms with E-state index in [0.717, 1.165) is 11.6 Å². The minimum absolute atomic E-state index is 0.0728. The number of anilines is 1. The van der Waals surface area contributed by atoms with Gasteiger partial charge in [0.1, 0.15) is 11.7 Å². The Morgan fingerprint density at radius 3 is 2.59 bits per heavy atom. The Balaban J connectivity index is 1.29. The summed E-state index contributed by atoms with van der Waals surface area (Å²) in [7, 11) is -3.61. The number of carbonyl (C=O) groups excluding carboxylic acids is 2. The fourth-order valence-corrected chi connectivity index (χ4v) is 4.65. The zero-order chi connectivity index (χ0) is 24.1. The SMILES string of the molecule is O=C(CCN=C1NS(=O)(=O)c2ccccc21)NCc1cccc(NC(=O)c2cccc(F)c2)c1. The molecule has 0 spiro atoms. The Morgan fingerprint density at radius 1 is 0.971 bits per heavy atom. The van der Waals surface area contributed by atoms with E-state index in [1.165, 1.54) is 24.3 Å². The van der Waals surface area contributed by atoms with Crippen LogP contribution in [0.1, 0.15) is 27.9 Å². The number of hydrogen-bond acceptors (Lipinski definition) is 5. The van der Waals surface area contributed by atoms with Gasteiger partial charge < -0.3 is 10.6 Å². The fraction of sp³-hybridized carbons (Fsp3) is 0.125. The zero-order valence-electron chi connectivity index (χ0n) is 17.9. The molecular weight excluding hydrogens is 459 g/mol. The maximum Gasteiger partial charge on any atom is 0.263 e. The topological polar surface area (TPSA) is 117 Å². The number of benzene rings is 3. The summed E-state index contributed by atoms with van der Waals surface area (Å²) in [5.74, 6) is -0.967. The summed E-state index contributed by atoms with van der Waals surface area (Å²) in [4.78, 5) is 28.9. The highest BCUT2D eigenvalue weighted by Gasteiger charge is 2.29. The molecule has 2 amide bonds. The molecule has 0 aromatic heterocycles. The first kappa shape index (κ1) is 23.1. The lowest BCUT2D eigenvalue weighted by Crippen LogP contribution is -2.25. The third-order valence-corrected chi connectivity index (χ3v) is 6.43. The van der Waals surface area contributed by atoms with Crippen LogP contribution in [0.15, 0.2) is 82.7 Å². The molecule has 0 aliphatic carbocycles. The number of nitrogens with zero attached hydrogens (tertiary/aromatic N) is 1. The predicted octanol–water partition coefficient (Wildman–Crippen LogP) is 2.82. The highest BCUT2D eigenvalue weighted by atomic mass is 32.2. The van der Waals surface area contributed by atoms with E-state index in [2.05, 4.69) is 20.3 Å². The maximum atomic E-state index is 13.3. The van der Waals surface area contributed by atoms with Crippen LogP contribution in [0.4, 0.5) is 10.1 Å². The molecule has 1 aliphatic heterocycles. The molecule has 10 heteroatoms. The summed E-state index contributed by atoms with van der Waals surface area (Å²) in [5.41, 5.74) is 1.96. The van der Waals surface area contributed by atoms with E-state index in [4.69, 9.17) is 0 Å². The molecule has 8 nitrogen and oxygen atoms in total. The zero-order valence-corrected chi connectivity index (χ0v) is 18.7. The lowest BCUT2D eigenvalue weighted by molar-refractivity contribution is -0.121. The molecule has 0 unspecified atom stereocenters.